The highest BCUT2D eigenvalue weighted by Crippen LogP contribution is 2.03. The summed E-state index contributed by atoms with van der Waals surface area (Å²) >= 11 is 0. The highest BCUT2D eigenvalue weighted by atomic mass is 16.3. The predicted molar refractivity (Wildman–Crippen MR) is 58.9 cm³/mol. The molecule has 0 aliphatic carbocycles. The smallest absolute Gasteiger partial charge is 0.289 e. The number of rotatable bonds is 5. The van der Waals surface area contributed by atoms with Gasteiger partial charge in [-0.2, -0.15) is 0 Å². The lowest BCUT2D eigenvalue weighted by Crippen LogP contribution is -2.38. The van der Waals surface area contributed by atoms with Gasteiger partial charge < -0.3 is 14.6 Å². The van der Waals surface area contributed by atoms with E-state index in [9.17, 15) is 9.59 Å². The van der Waals surface area contributed by atoms with E-state index in [1.54, 1.807) is 25.3 Å². The monoisotopic (exact) mass is 222 g/mol. The minimum Gasteiger partial charge on any atom is -0.459 e. The van der Waals surface area contributed by atoms with Crippen molar-refractivity contribution in [2.75, 3.05) is 20.1 Å². The van der Waals surface area contributed by atoms with Gasteiger partial charge in [-0.3, -0.25) is 9.59 Å². The second kappa shape index (κ2) is 5.75. The maximum atomic E-state index is 11.6. The van der Waals surface area contributed by atoms with Gasteiger partial charge in [-0.1, -0.05) is 6.08 Å². The van der Waals surface area contributed by atoms with Crippen molar-refractivity contribution < 1.29 is 14.0 Å². The van der Waals surface area contributed by atoms with E-state index in [0.717, 1.165) is 0 Å². The van der Waals surface area contributed by atoms with Crippen LogP contribution in [0.15, 0.2) is 35.5 Å². The average Bonchev–Trinajstić information content (AvgIpc) is 2.78. The third kappa shape index (κ3) is 3.27. The summed E-state index contributed by atoms with van der Waals surface area (Å²) < 4.78 is 4.94. The van der Waals surface area contributed by atoms with Crippen LogP contribution in [0.5, 0.6) is 0 Å². The van der Waals surface area contributed by atoms with Crippen molar-refractivity contribution in [2.45, 2.75) is 0 Å². The molecule has 5 heteroatoms. The normalized spacial score (nSPS) is 9.56. The summed E-state index contributed by atoms with van der Waals surface area (Å²) in [6.45, 7) is 3.86. The Balaban J connectivity index is 2.46. The van der Waals surface area contributed by atoms with E-state index in [4.69, 9.17) is 4.42 Å². The first kappa shape index (κ1) is 12.0. The minimum atomic E-state index is -0.321. The number of nitrogens with zero attached hydrogens (tertiary/aromatic N) is 1. The van der Waals surface area contributed by atoms with Gasteiger partial charge in [0.1, 0.15) is 0 Å². The summed E-state index contributed by atoms with van der Waals surface area (Å²) in [5, 5.41) is 2.58. The number of nitrogens with one attached hydrogen (secondary N) is 1. The zero-order valence-electron chi connectivity index (χ0n) is 9.10. The van der Waals surface area contributed by atoms with E-state index in [1.165, 1.54) is 11.2 Å². The molecule has 1 aromatic rings. The zero-order valence-corrected chi connectivity index (χ0v) is 9.10. The number of carbonyl (C=O) groups is 2. The van der Waals surface area contributed by atoms with E-state index < -0.39 is 0 Å². The van der Waals surface area contributed by atoms with Gasteiger partial charge in [0, 0.05) is 13.6 Å². The molecule has 5 nitrogen and oxygen atoms in total. The van der Waals surface area contributed by atoms with Crippen LogP contribution in [0, 0.1) is 0 Å². The summed E-state index contributed by atoms with van der Waals surface area (Å²) in [7, 11) is 1.54. The lowest BCUT2D eigenvalue weighted by atomic mass is 10.4. The van der Waals surface area contributed by atoms with Crippen LogP contribution < -0.4 is 5.32 Å². The molecule has 0 unspecified atom stereocenters. The Kier molecular flexibility index (Phi) is 4.32. The third-order valence-electron chi connectivity index (χ3n) is 1.90. The van der Waals surface area contributed by atoms with Crippen molar-refractivity contribution >= 4 is 11.8 Å². The van der Waals surface area contributed by atoms with Gasteiger partial charge in [0.25, 0.3) is 5.91 Å². The molecule has 86 valence electrons. The topological polar surface area (TPSA) is 62.6 Å². The van der Waals surface area contributed by atoms with Crippen molar-refractivity contribution in [3.05, 3.63) is 36.8 Å². The molecule has 0 atom stereocenters. The fourth-order valence-electron chi connectivity index (χ4n) is 1.12. The second-order valence-corrected chi connectivity index (χ2v) is 3.23. The van der Waals surface area contributed by atoms with E-state index in [2.05, 4.69) is 11.9 Å². The Morgan fingerprint density at radius 1 is 1.62 bits per heavy atom. The standard InChI is InChI=1S/C11H14N2O3/c1-3-6-12-10(14)8-13(2)11(15)9-5-4-7-16-9/h3-5,7H,1,6,8H2,2H3,(H,12,14). The van der Waals surface area contributed by atoms with Crippen molar-refractivity contribution in [3.63, 3.8) is 0 Å². The molecule has 0 bridgehead atoms. The Bertz CT molecular complexity index is 371. The van der Waals surface area contributed by atoms with Crippen LogP contribution in [0.1, 0.15) is 10.6 Å². The van der Waals surface area contributed by atoms with Crippen molar-refractivity contribution in [1.82, 2.24) is 10.2 Å². The molecule has 0 fully saturated rings. The molecule has 2 amide bonds. The molecule has 0 aliphatic rings. The molecule has 1 heterocycles. The summed E-state index contributed by atoms with van der Waals surface area (Å²) in [4.78, 5) is 24.2. The highest BCUT2D eigenvalue weighted by Gasteiger charge is 2.16. The number of amides is 2. The van der Waals surface area contributed by atoms with E-state index in [0.29, 0.717) is 6.54 Å². The molecule has 0 saturated heterocycles. The Labute approximate surface area is 93.7 Å². The number of furan rings is 1. The maximum absolute atomic E-state index is 11.6. The summed E-state index contributed by atoms with van der Waals surface area (Å²) in [6, 6.07) is 3.18. The van der Waals surface area contributed by atoms with Crippen LogP contribution in [0.4, 0.5) is 0 Å². The molecule has 1 rings (SSSR count). The van der Waals surface area contributed by atoms with Crippen LogP contribution in [0.2, 0.25) is 0 Å². The average molecular weight is 222 g/mol. The fourth-order valence-corrected chi connectivity index (χ4v) is 1.12. The largest absolute Gasteiger partial charge is 0.459 e. The second-order valence-electron chi connectivity index (χ2n) is 3.23. The molecule has 16 heavy (non-hydrogen) atoms. The SMILES string of the molecule is C=CCNC(=O)CN(C)C(=O)c1ccco1. The highest BCUT2D eigenvalue weighted by molar-refractivity contribution is 5.94. The Morgan fingerprint density at radius 3 is 2.94 bits per heavy atom. The van der Waals surface area contributed by atoms with Gasteiger partial charge in [0.15, 0.2) is 5.76 Å². The Morgan fingerprint density at radius 2 is 2.38 bits per heavy atom. The molecule has 0 radical (unpaired) electrons. The van der Waals surface area contributed by atoms with Crippen LogP contribution in [0.3, 0.4) is 0 Å². The van der Waals surface area contributed by atoms with Gasteiger partial charge in [0.05, 0.1) is 12.8 Å². The molecule has 1 N–H and O–H groups in total. The van der Waals surface area contributed by atoms with Crippen molar-refractivity contribution in [1.29, 1.82) is 0 Å². The molecule has 0 aromatic carbocycles. The fraction of sp³-hybridized carbons (Fsp3) is 0.273. The van der Waals surface area contributed by atoms with Crippen LogP contribution in [0.25, 0.3) is 0 Å². The van der Waals surface area contributed by atoms with Crippen LogP contribution in [-0.2, 0) is 4.79 Å². The molecule has 0 aliphatic heterocycles. The minimum absolute atomic E-state index is 0.00657. The number of likely N-dealkylation sites (N-methyl/N-ethyl adjacent to an activating group) is 1. The molecule has 0 spiro atoms. The molecular formula is C11H14N2O3. The lowest BCUT2D eigenvalue weighted by Gasteiger charge is -2.14. The van der Waals surface area contributed by atoms with E-state index >= 15 is 0 Å². The number of hydrogen-bond donors (Lipinski definition) is 1. The van der Waals surface area contributed by atoms with Crippen molar-refractivity contribution in [3.8, 4) is 0 Å². The molecular weight excluding hydrogens is 208 g/mol. The predicted octanol–water partition coefficient (Wildman–Crippen LogP) is 0.654. The molecule has 0 saturated carbocycles. The van der Waals surface area contributed by atoms with Gasteiger partial charge in [-0.15, -0.1) is 6.58 Å². The summed E-state index contributed by atoms with van der Waals surface area (Å²) in [6.07, 6.45) is 2.99. The Hall–Kier alpha value is -2.04. The van der Waals surface area contributed by atoms with E-state index in [1.807, 2.05) is 0 Å². The summed E-state index contributed by atoms with van der Waals surface area (Å²) in [5.41, 5.74) is 0. The first-order valence-electron chi connectivity index (χ1n) is 4.81. The quantitative estimate of drug-likeness (QED) is 0.744. The van der Waals surface area contributed by atoms with E-state index in [-0.39, 0.29) is 24.1 Å². The lowest BCUT2D eigenvalue weighted by molar-refractivity contribution is -0.121. The van der Waals surface area contributed by atoms with Gasteiger partial charge in [0.2, 0.25) is 5.91 Å². The van der Waals surface area contributed by atoms with Crippen molar-refractivity contribution in [2.24, 2.45) is 0 Å². The first-order valence-corrected chi connectivity index (χ1v) is 4.81. The number of hydrogen-bond acceptors (Lipinski definition) is 3. The van der Waals surface area contributed by atoms with Crippen LogP contribution >= 0.6 is 0 Å². The summed E-state index contributed by atoms with van der Waals surface area (Å²) in [5.74, 6) is -0.333. The maximum Gasteiger partial charge on any atom is 0.289 e. The van der Waals surface area contributed by atoms with Gasteiger partial charge >= 0.3 is 0 Å². The zero-order chi connectivity index (χ0) is 12.0. The first-order chi connectivity index (χ1) is 7.65. The van der Waals surface area contributed by atoms with Crippen LogP contribution in [-0.4, -0.2) is 36.9 Å². The number of carbonyl (C=O) groups excluding carboxylic acids is 2. The molecule has 1 aromatic heterocycles. The van der Waals surface area contributed by atoms with Gasteiger partial charge in [-0.05, 0) is 12.1 Å². The third-order valence-corrected chi connectivity index (χ3v) is 1.90. The van der Waals surface area contributed by atoms with Gasteiger partial charge in [-0.25, -0.2) is 0 Å².